The van der Waals surface area contributed by atoms with Crippen molar-refractivity contribution < 1.29 is 19.1 Å². The van der Waals surface area contributed by atoms with Crippen molar-refractivity contribution in [1.82, 2.24) is 15.1 Å². The highest BCUT2D eigenvalue weighted by atomic mass is 16.5. The molecule has 1 aromatic rings. The van der Waals surface area contributed by atoms with E-state index in [-0.39, 0.29) is 30.7 Å². The van der Waals surface area contributed by atoms with Crippen LogP contribution >= 0.6 is 0 Å². The fourth-order valence-corrected chi connectivity index (χ4v) is 2.84. The van der Waals surface area contributed by atoms with Crippen molar-refractivity contribution in [2.45, 2.75) is 19.4 Å². The number of ether oxygens (including phenoxy) is 1. The second-order valence-electron chi connectivity index (χ2n) is 5.95. The Labute approximate surface area is 147 Å². The summed E-state index contributed by atoms with van der Waals surface area (Å²) in [7, 11) is 1.48. The third-order valence-corrected chi connectivity index (χ3v) is 4.29. The SMILES string of the molecule is CO[C@H](C(=O)NCCC(=O)N1CCN(C(C)=O)CC1)c1ccccc1. The number of piperazine rings is 1. The lowest BCUT2D eigenvalue weighted by Crippen LogP contribution is -2.50. The van der Waals surface area contributed by atoms with Gasteiger partial charge in [0, 0.05) is 53.2 Å². The molecule has 1 aliphatic rings. The maximum atomic E-state index is 12.2. The number of hydrogen-bond donors (Lipinski definition) is 1. The van der Waals surface area contributed by atoms with Gasteiger partial charge < -0.3 is 19.9 Å². The molecule has 7 nitrogen and oxygen atoms in total. The highest BCUT2D eigenvalue weighted by Gasteiger charge is 2.23. The van der Waals surface area contributed by atoms with Crippen LogP contribution < -0.4 is 5.32 Å². The molecule has 7 heteroatoms. The zero-order valence-electron chi connectivity index (χ0n) is 14.7. The van der Waals surface area contributed by atoms with Crippen LogP contribution in [0.5, 0.6) is 0 Å². The molecule has 1 saturated heterocycles. The summed E-state index contributed by atoms with van der Waals surface area (Å²) >= 11 is 0. The van der Waals surface area contributed by atoms with E-state index in [0.717, 1.165) is 5.56 Å². The van der Waals surface area contributed by atoms with Gasteiger partial charge in [-0.15, -0.1) is 0 Å². The van der Waals surface area contributed by atoms with Crippen molar-refractivity contribution in [2.75, 3.05) is 39.8 Å². The molecule has 136 valence electrons. The lowest BCUT2D eigenvalue weighted by atomic mass is 10.1. The molecule has 0 aromatic heterocycles. The Morgan fingerprint density at radius 2 is 1.68 bits per heavy atom. The van der Waals surface area contributed by atoms with Gasteiger partial charge in [0.1, 0.15) is 0 Å². The predicted octanol–water partition coefficient (Wildman–Crippen LogP) is 0.571. The third kappa shape index (κ3) is 5.29. The monoisotopic (exact) mass is 347 g/mol. The first kappa shape index (κ1) is 18.9. The summed E-state index contributed by atoms with van der Waals surface area (Å²) in [5.74, 6) is -0.244. The molecular formula is C18H25N3O4. The number of amides is 3. The van der Waals surface area contributed by atoms with E-state index >= 15 is 0 Å². The second kappa shape index (κ2) is 9.17. The maximum absolute atomic E-state index is 12.2. The molecule has 2 rings (SSSR count). The van der Waals surface area contributed by atoms with Crippen LogP contribution in [-0.2, 0) is 19.1 Å². The zero-order chi connectivity index (χ0) is 18.2. The van der Waals surface area contributed by atoms with E-state index in [2.05, 4.69) is 5.32 Å². The Bertz CT molecular complexity index is 598. The number of hydrogen-bond acceptors (Lipinski definition) is 4. The van der Waals surface area contributed by atoms with Gasteiger partial charge in [0.25, 0.3) is 5.91 Å². The van der Waals surface area contributed by atoms with Crippen LogP contribution in [0, 0.1) is 0 Å². The quantitative estimate of drug-likeness (QED) is 0.816. The molecule has 0 unspecified atom stereocenters. The molecule has 0 spiro atoms. The lowest BCUT2D eigenvalue weighted by Gasteiger charge is -2.34. The standard InChI is InChI=1S/C18H25N3O4/c1-14(22)20-10-12-21(13-11-20)16(23)8-9-19-18(24)17(25-2)15-6-4-3-5-7-15/h3-7,17H,8-13H2,1-2H3,(H,19,24)/t17-/m0/s1. The van der Waals surface area contributed by atoms with Crippen molar-refractivity contribution >= 4 is 17.7 Å². The second-order valence-corrected chi connectivity index (χ2v) is 5.95. The van der Waals surface area contributed by atoms with Crippen LogP contribution in [0.1, 0.15) is 25.0 Å². The predicted molar refractivity (Wildman–Crippen MR) is 92.7 cm³/mol. The van der Waals surface area contributed by atoms with E-state index in [4.69, 9.17) is 4.74 Å². The zero-order valence-corrected chi connectivity index (χ0v) is 14.7. The van der Waals surface area contributed by atoms with Gasteiger partial charge in [-0.25, -0.2) is 0 Å². The Balaban J connectivity index is 1.75. The molecule has 1 aromatic carbocycles. The van der Waals surface area contributed by atoms with Gasteiger partial charge in [-0.05, 0) is 5.56 Å². The molecule has 1 fully saturated rings. The molecule has 0 saturated carbocycles. The summed E-state index contributed by atoms with van der Waals surface area (Å²) in [5, 5.41) is 2.75. The molecule has 25 heavy (non-hydrogen) atoms. The molecule has 1 atom stereocenters. The van der Waals surface area contributed by atoms with E-state index in [9.17, 15) is 14.4 Å². The summed E-state index contributed by atoms with van der Waals surface area (Å²) in [4.78, 5) is 39.2. The minimum atomic E-state index is -0.685. The minimum Gasteiger partial charge on any atom is -0.367 e. The number of carbonyl (C=O) groups is 3. The molecule has 1 heterocycles. The van der Waals surface area contributed by atoms with E-state index in [1.165, 1.54) is 14.0 Å². The average Bonchev–Trinajstić information content (AvgIpc) is 2.63. The van der Waals surface area contributed by atoms with Gasteiger partial charge in [-0.3, -0.25) is 14.4 Å². The van der Waals surface area contributed by atoms with Crippen molar-refractivity contribution in [3.05, 3.63) is 35.9 Å². The number of nitrogens with one attached hydrogen (secondary N) is 1. The van der Waals surface area contributed by atoms with Crippen molar-refractivity contribution in [2.24, 2.45) is 0 Å². The topological polar surface area (TPSA) is 79.0 Å². The fourth-order valence-electron chi connectivity index (χ4n) is 2.84. The Morgan fingerprint density at radius 1 is 1.08 bits per heavy atom. The highest BCUT2D eigenvalue weighted by Crippen LogP contribution is 2.16. The first-order valence-corrected chi connectivity index (χ1v) is 8.41. The van der Waals surface area contributed by atoms with Crippen LogP contribution in [0.4, 0.5) is 0 Å². The van der Waals surface area contributed by atoms with Crippen LogP contribution in [0.2, 0.25) is 0 Å². The molecule has 0 aliphatic carbocycles. The summed E-state index contributed by atoms with van der Waals surface area (Å²) < 4.78 is 5.26. The van der Waals surface area contributed by atoms with Gasteiger partial charge in [-0.1, -0.05) is 30.3 Å². The number of nitrogens with zero attached hydrogens (tertiary/aromatic N) is 2. The molecule has 0 radical (unpaired) electrons. The Hall–Kier alpha value is -2.41. The van der Waals surface area contributed by atoms with Crippen molar-refractivity contribution in [1.29, 1.82) is 0 Å². The van der Waals surface area contributed by atoms with Gasteiger partial charge >= 0.3 is 0 Å². The summed E-state index contributed by atoms with van der Waals surface area (Å²) in [6.07, 6.45) is -0.452. The lowest BCUT2D eigenvalue weighted by molar-refractivity contribution is -0.138. The van der Waals surface area contributed by atoms with Crippen LogP contribution in [0.15, 0.2) is 30.3 Å². The molecular weight excluding hydrogens is 322 g/mol. The largest absolute Gasteiger partial charge is 0.367 e. The number of methoxy groups -OCH3 is 1. The van der Waals surface area contributed by atoms with Crippen LogP contribution in [0.25, 0.3) is 0 Å². The molecule has 1 N–H and O–H groups in total. The first-order valence-electron chi connectivity index (χ1n) is 8.41. The highest BCUT2D eigenvalue weighted by molar-refractivity contribution is 5.83. The molecule has 0 bridgehead atoms. The van der Waals surface area contributed by atoms with E-state index in [1.807, 2.05) is 30.3 Å². The summed E-state index contributed by atoms with van der Waals surface area (Å²) in [6, 6.07) is 9.22. The van der Waals surface area contributed by atoms with Gasteiger partial charge in [-0.2, -0.15) is 0 Å². The summed E-state index contributed by atoms with van der Waals surface area (Å²) in [6.45, 7) is 4.00. The van der Waals surface area contributed by atoms with Gasteiger partial charge in [0.05, 0.1) is 0 Å². The average molecular weight is 347 g/mol. The number of carbonyl (C=O) groups excluding carboxylic acids is 3. The Kier molecular flexibility index (Phi) is 6.94. The molecule has 1 aliphatic heterocycles. The summed E-state index contributed by atoms with van der Waals surface area (Å²) in [5.41, 5.74) is 0.772. The Morgan fingerprint density at radius 3 is 2.24 bits per heavy atom. The maximum Gasteiger partial charge on any atom is 0.253 e. The fraction of sp³-hybridized carbons (Fsp3) is 0.500. The molecule has 3 amide bonds. The van der Waals surface area contributed by atoms with Crippen molar-refractivity contribution in [3.8, 4) is 0 Å². The van der Waals surface area contributed by atoms with Gasteiger partial charge in [0.15, 0.2) is 6.10 Å². The van der Waals surface area contributed by atoms with Gasteiger partial charge in [0.2, 0.25) is 11.8 Å². The van der Waals surface area contributed by atoms with Crippen LogP contribution in [0.3, 0.4) is 0 Å². The van der Waals surface area contributed by atoms with Crippen LogP contribution in [-0.4, -0.2) is 67.4 Å². The number of benzene rings is 1. The van der Waals surface area contributed by atoms with E-state index in [1.54, 1.807) is 9.80 Å². The first-order chi connectivity index (χ1) is 12.0. The smallest absolute Gasteiger partial charge is 0.253 e. The van der Waals surface area contributed by atoms with Crippen molar-refractivity contribution in [3.63, 3.8) is 0 Å². The normalized spacial score (nSPS) is 15.6. The minimum absolute atomic E-state index is 0.0165. The number of rotatable bonds is 6. The third-order valence-electron chi connectivity index (χ3n) is 4.29. The van der Waals surface area contributed by atoms with E-state index < -0.39 is 6.10 Å². The van der Waals surface area contributed by atoms with E-state index in [0.29, 0.717) is 26.2 Å².